The van der Waals surface area contributed by atoms with Crippen molar-refractivity contribution in [1.29, 1.82) is 0 Å². The fraction of sp³-hybridized carbons (Fsp3) is 0.158. The van der Waals surface area contributed by atoms with Crippen LogP contribution in [0.15, 0.2) is 60.7 Å². The third kappa shape index (κ3) is 2.23. The van der Waals surface area contributed by atoms with Crippen LogP contribution in [0.4, 0.5) is 0 Å². The Hall–Kier alpha value is -2.48. The maximum atomic E-state index is 9.55. The molecule has 2 heteroatoms. The van der Waals surface area contributed by atoms with Crippen LogP contribution in [0.1, 0.15) is 17.0 Å². The van der Waals surface area contributed by atoms with Crippen LogP contribution >= 0.6 is 0 Å². The van der Waals surface area contributed by atoms with Crippen LogP contribution in [0.5, 0.6) is 11.5 Å². The summed E-state index contributed by atoms with van der Waals surface area (Å²) < 4.78 is 5.93. The molecule has 0 heterocycles. The van der Waals surface area contributed by atoms with Crippen molar-refractivity contribution in [1.82, 2.24) is 0 Å². The molecule has 4 rings (SSSR count). The molecule has 1 atom stereocenters. The quantitative estimate of drug-likeness (QED) is 0.774. The van der Waals surface area contributed by atoms with Crippen LogP contribution < -0.4 is 4.74 Å². The summed E-state index contributed by atoms with van der Waals surface area (Å²) >= 11 is 0. The predicted octanol–water partition coefficient (Wildman–Crippen LogP) is 4.26. The molecule has 21 heavy (non-hydrogen) atoms. The molecular formula is C19H16O2. The van der Waals surface area contributed by atoms with Crippen LogP contribution in [-0.2, 0) is 6.42 Å². The fourth-order valence-electron chi connectivity index (χ4n) is 3.01. The number of rotatable bonds is 3. The number of benzene rings is 3. The number of hydrogen-bond acceptors (Lipinski definition) is 2. The Kier molecular flexibility index (Phi) is 2.81. The molecule has 1 aliphatic rings. The van der Waals surface area contributed by atoms with Gasteiger partial charge in [-0.05, 0) is 52.6 Å². The molecule has 1 N–H and O–H groups in total. The highest BCUT2D eigenvalue weighted by molar-refractivity contribution is 5.85. The van der Waals surface area contributed by atoms with Gasteiger partial charge in [0.2, 0.25) is 0 Å². The van der Waals surface area contributed by atoms with Crippen molar-refractivity contribution in [3.8, 4) is 11.5 Å². The minimum absolute atomic E-state index is 0.285. The van der Waals surface area contributed by atoms with E-state index in [4.69, 9.17) is 4.74 Å². The van der Waals surface area contributed by atoms with Gasteiger partial charge in [-0.1, -0.05) is 36.4 Å². The minimum atomic E-state index is 0.285. The average Bonchev–Trinajstić information content (AvgIpc) is 2.48. The number of phenolic OH excluding ortho intramolecular Hbond substituents is 1. The molecular weight excluding hydrogens is 260 g/mol. The lowest BCUT2D eigenvalue weighted by Gasteiger charge is -2.29. The lowest BCUT2D eigenvalue weighted by atomic mass is 9.78. The lowest BCUT2D eigenvalue weighted by molar-refractivity contribution is 0.275. The van der Waals surface area contributed by atoms with Gasteiger partial charge < -0.3 is 9.84 Å². The smallest absolute Gasteiger partial charge is 0.119 e. The third-order valence-electron chi connectivity index (χ3n) is 4.21. The Morgan fingerprint density at radius 1 is 0.952 bits per heavy atom. The number of ether oxygens (including phenoxy) is 1. The lowest BCUT2D eigenvalue weighted by Crippen LogP contribution is -2.23. The van der Waals surface area contributed by atoms with Gasteiger partial charge in [0.15, 0.2) is 0 Å². The van der Waals surface area contributed by atoms with Crippen molar-refractivity contribution in [2.75, 3.05) is 6.61 Å². The van der Waals surface area contributed by atoms with E-state index < -0.39 is 0 Å². The zero-order valence-electron chi connectivity index (χ0n) is 11.6. The summed E-state index contributed by atoms with van der Waals surface area (Å²) in [5.74, 6) is 1.64. The molecule has 1 unspecified atom stereocenters. The molecule has 0 saturated carbocycles. The van der Waals surface area contributed by atoms with Crippen LogP contribution in [0, 0.1) is 0 Å². The van der Waals surface area contributed by atoms with Crippen molar-refractivity contribution in [2.24, 2.45) is 0 Å². The Bertz CT molecular complexity index is 808. The first-order chi connectivity index (χ1) is 10.3. The van der Waals surface area contributed by atoms with Gasteiger partial charge >= 0.3 is 0 Å². The Morgan fingerprint density at radius 3 is 2.71 bits per heavy atom. The first-order valence-electron chi connectivity index (χ1n) is 7.23. The Morgan fingerprint density at radius 2 is 1.81 bits per heavy atom. The number of aromatic hydroxyl groups is 1. The molecule has 0 amide bonds. The molecule has 0 spiro atoms. The predicted molar refractivity (Wildman–Crippen MR) is 84.0 cm³/mol. The second-order valence-electron chi connectivity index (χ2n) is 5.60. The van der Waals surface area contributed by atoms with Gasteiger partial charge in [-0.15, -0.1) is 0 Å². The molecule has 0 aliphatic heterocycles. The van der Waals surface area contributed by atoms with Crippen LogP contribution in [0.25, 0.3) is 10.8 Å². The highest BCUT2D eigenvalue weighted by Gasteiger charge is 2.25. The zero-order valence-corrected chi connectivity index (χ0v) is 11.6. The number of phenols is 1. The second kappa shape index (κ2) is 4.81. The van der Waals surface area contributed by atoms with E-state index in [-0.39, 0.29) is 5.75 Å². The van der Waals surface area contributed by atoms with Gasteiger partial charge in [0.05, 0.1) is 6.61 Å². The molecule has 0 fully saturated rings. The molecule has 3 aromatic rings. The van der Waals surface area contributed by atoms with Crippen LogP contribution in [-0.4, -0.2) is 11.7 Å². The number of fused-ring (bicyclic) bond motifs is 2. The summed E-state index contributed by atoms with van der Waals surface area (Å²) in [4.78, 5) is 0. The molecule has 0 radical (unpaired) electrons. The average molecular weight is 276 g/mol. The van der Waals surface area contributed by atoms with E-state index in [1.165, 1.54) is 11.1 Å². The van der Waals surface area contributed by atoms with E-state index in [9.17, 15) is 5.11 Å². The second-order valence-corrected chi connectivity index (χ2v) is 5.60. The molecule has 3 aromatic carbocycles. The highest BCUT2D eigenvalue weighted by Crippen LogP contribution is 2.35. The first-order valence-corrected chi connectivity index (χ1v) is 7.23. The van der Waals surface area contributed by atoms with Gasteiger partial charge in [-0.25, -0.2) is 0 Å². The van der Waals surface area contributed by atoms with Gasteiger partial charge in [0.1, 0.15) is 11.5 Å². The largest absolute Gasteiger partial charge is 0.508 e. The van der Waals surface area contributed by atoms with Gasteiger partial charge in [0.25, 0.3) is 0 Å². The topological polar surface area (TPSA) is 29.5 Å². The monoisotopic (exact) mass is 276 g/mol. The summed E-state index contributed by atoms with van der Waals surface area (Å²) in [6.07, 6.45) is 1.10. The molecule has 0 aromatic heterocycles. The normalized spacial score (nSPS) is 16.3. The standard InChI is InChI=1S/C19H16O2/c20-17-7-5-13-6-8-18(11-15(13)10-17)21-12-16-9-14-3-1-2-4-19(14)16/h1-8,10-11,16,20H,9,12H2. The molecule has 104 valence electrons. The summed E-state index contributed by atoms with van der Waals surface area (Å²) in [6, 6.07) is 19.9. The minimum Gasteiger partial charge on any atom is -0.508 e. The van der Waals surface area contributed by atoms with Crippen LogP contribution in [0.3, 0.4) is 0 Å². The van der Waals surface area contributed by atoms with Crippen molar-refractivity contribution < 1.29 is 9.84 Å². The van der Waals surface area contributed by atoms with Gasteiger partial charge in [-0.3, -0.25) is 0 Å². The molecule has 0 saturated heterocycles. The van der Waals surface area contributed by atoms with Crippen LogP contribution in [0.2, 0.25) is 0 Å². The van der Waals surface area contributed by atoms with E-state index in [1.807, 2.05) is 24.3 Å². The summed E-state index contributed by atoms with van der Waals surface area (Å²) in [7, 11) is 0. The maximum absolute atomic E-state index is 9.55. The zero-order chi connectivity index (χ0) is 14.2. The molecule has 1 aliphatic carbocycles. The van der Waals surface area contributed by atoms with Crippen molar-refractivity contribution in [3.63, 3.8) is 0 Å². The molecule has 0 bridgehead atoms. The Labute approximate surface area is 123 Å². The van der Waals surface area contributed by atoms with E-state index in [2.05, 4.69) is 24.3 Å². The van der Waals surface area contributed by atoms with E-state index >= 15 is 0 Å². The third-order valence-corrected chi connectivity index (χ3v) is 4.21. The SMILES string of the molecule is Oc1ccc2ccc(OCC3Cc4ccccc43)cc2c1. The van der Waals surface area contributed by atoms with E-state index in [1.54, 1.807) is 12.1 Å². The van der Waals surface area contributed by atoms with Crippen molar-refractivity contribution in [2.45, 2.75) is 12.3 Å². The van der Waals surface area contributed by atoms with E-state index in [0.29, 0.717) is 12.5 Å². The van der Waals surface area contributed by atoms with Crippen molar-refractivity contribution in [3.05, 3.63) is 71.8 Å². The highest BCUT2D eigenvalue weighted by atomic mass is 16.5. The summed E-state index contributed by atoms with van der Waals surface area (Å²) in [6.45, 7) is 0.710. The van der Waals surface area contributed by atoms with E-state index in [0.717, 1.165) is 22.9 Å². The maximum Gasteiger partial charge on any atom is 0.119 e. The fourth-order valence-corrected chi connectivity index (χ4v) is 3.01. The Balaban J connectivity index is 1.51. The van der Waals surface area contributed by atoms with Crippen molar-refractivity contribution >= 4 is 10.8 Å². The summed E-state index contributed by atoms with van der Waals surface area (Å²) in [5, 5.41) is 11.7. The van der Waals surface area contributed by atoms with Gasteiger partial charge in [0, 0.05) is 5.92 Å². The molecule has 2 nitrogen and oxygen atoms in total. The first kappa shape index (κ1) is 12.3. The summed E-state index contributed by atoms with van der Waals surface area (Å²) in [5.41, 5.74) is 2.85. The number of hydrogen-bond donors (Lipinski definition) is 1. The van der Waals surface area contributed by atoms with Gasteiger partial charge in [-0.2, -0.15) is 0 Å².